The Bertz CT molecular complexity index is 846. The van der Waals surface area contributed by atoms with Crippen LogP contribution in [0.4, 0.5) is 0 Å². The van der Waals surface area contributed by atoms with E-state index < -0.39 is 0 Å². The Morgan fingerprint density at radius 3 is 2.85 bits per heavy atom. The molecule has 0 spiro atoms. The lowest BCUT2D eigenvalue weighted by Gasteiger charge is -2.26. The van der Waals surface area contributed by atoms with Gasteiger partial charge in [-0.25, -0.2) is 0 Å². The van der Waals surface area contributed by atoms with Gasteiger partial charge in [0.1, 0.15) is 5.69 Å². The van der Waals surface area contributed by atoms with E-state index in [2.05, 4.69) is 10.2 Å². The van der Waals surface area contributed by atoms with Crippen LogP contribution in [0.25, 0.3) is 10.9 Å². The van der Waals surface area contributed by atoms with Gasteiger partial charge in [0.15, 0.2) is 0 Å². The molecular weight excluding hydrogens is 364 g/mol. The Hall–Kier alpha value is -2.05. The first kappa shape index (κ1) is 19.7. The first-order chi connectivity index (χ1) is 12.9. The zero-order chi connectivity index (χ0) is 19.6. The van der Waals surface area contributed by atoms with Crippen molar-refractivity contribution in [3.8, 4) is 0 Å². The lowest BCUT2D eigenvalue weighted by molar-refractivity contribution is -0.129. The van der Waals surface area contributed by atoms with E-state index in [1.165, 1.54) is 0 Å². The summed E-state index contributed by atoms with van der Waals surface area (Å²) in [6, 6.07) is 7.69. The number of aryl methyl sites for hydroxylation is 1. The third-order valence-electron chi connectivity index (χ3n) is 5.27. The molecule has 7 heteroatoms. The zero-order valence-electron chi connectivity index (χ0n) is 16.2. The molecule has 3 rings (SSSR count). The molecule has 1 saturated heterocycles. The highest BCUT2D eigenvalue weighted by atomic mass is 35.5. The number of aromatic nitrogens is 1. The fraction of sp³-hybridized carbons (Fsp3) is 0.500. The average Bonchev–Trinajstić information content (AvgIpc) is 3.15. The Morgan fingerprint density at radius 2 is 2.15 bits per heavy atom. The predicted molar refractivity (Wildman–Crippen MR) is 108 cm³/mol. The molecule has 146 valence electrons. The molecule has 6 nitrogen and oxygen atoms in total. The smallest absolute Gasteiger partial charge is 0.267 e. The van der Waals surface area contributed by atoms with Crippen molar-refractivity contribution < 1.29 is 9.59 Å². The Balaban J connectivity index is 1.59. The molecule has 0 saturated carbocycles. The van der Waals surface area contributed by atoms with Crippen molar-refractivity contribution in [3.05, 3.63) is 35.0 Å². The largest absolute Gasteiger partial charge is 0.351 e. The molecule has 2 heterocycles. The quantitative estimate of drug-likeness (QED) is 0.790. The molecular formula is C20H27ClN4O2. The molecule has 2 amide bonds. The standard InChI is InChI=1S/C20H27ClN4O2/c1-23(2)11-12-25-14(7-8-19(25)26)9-10-22-20(27)18-13-15-16(21)5-4-6-17(15)24(18)3/h4-6,13-14H,7-12H2,1-3H3,(H,22,27). The highest BCUT2D eigenvalue weighted by Gasteiger charge is 2.30. The number of benzene rings is 1. The van der Waals surface area contributed by atoms with Gasteiger partial charge in [0.05, 0.1) is 0 Å². The Labute approximate surface area is 165 Å². The van der Waals surface area contributed by atoms with Crippen LogP contribution in [0.2, 0.25) is 5.02 Å². The lowest BCUT2D eigenvalue weighted by atomic mass is 10.1. The monoisotopic (exact) mass is 390 g/mol. The number of carbonyl (C=O) groups is 2. The molecule has 1 N–H and O–H groups in total. The van der Waals surface area contributed by atoms with Crippen LogP contribution < -0.4 is 5.32 Å². The van der Waals surface area contributed by atoms with Gasteiger partial charge in [0.2, 0.25) is 5.91 Å². The van der Waals surface area contributed by atoms with Crippen molar-refractivity contribution in [3.63, 3.8) is 0 Å². The van der Waals surface area contributed by atoms with Crippen LogP contribution in [0.3, 0.4) is 0 Å². The highest BCUT2D eigenvalue weighted by Crippen LogP contribution is 2.26. The van der Waals surface area contributed by atoms with E-state index in [1.807, 2.05) is 54.9 Å². The van der Waals surface area contributed by atoms with Crippen LogP contribution in [0.15, 0.2) is 24.3 Å². The van der Waals surface area contributed by atoms with Gasteiger partial charge in [-0.1, -0.05) is 17.7 Å². The van der Waals surface area contributed by atoms with Crippen molar-refractivity contribution in [1.29, 1.82) is 0 Å². The second kappa shape index (κ2) is 8.31. The summed E-state index contributed by atoms with van der Waals surface area (Å²) in [6.07, 6.45) is 2.25. The maximum atomic E-state index is 12.6. The van der Waals surface area contributed by atoms with E-state index in [0.717, 1.165) is 36.8 Å². The number of amides is 2. The fourth-order valence-electron chi connectivity index (χ4n) is 3.69. The maximum Gasteiger partial charge on any atom is 0.267 e. The molecule has 27 heavy (non-hydrogen) atoms. The summed E-state index contributed by atoms with van der Waals surface area (Å²) in [5, 5.41) is 4.52. The van der Waals surface area contributed by atoms with Crippen LogP contribution in [0.5, 0.6) is 0 Å². The first-order valence-electron chi connectivity index (χ1n) is 9.35. The highest BCUT2D eigenvalue weighted by molar-refractivity contribution is 6.35. The Morgan fingerprint density at radius 1 is 1.37 bits per heavy atom. The second-order valence-corrected chi connectivity index (χ2v) is 7.80. The fourth-order valence-corrected chi connectivity index (χ4v) is 3.92. The van der Waals surface area contributed by atoms with Crippen molar-refractivity contribution in [2.24, 2.45) is 7.05 Å². The lowest BCUT2D eigenvalue weighted by Crippen LogP contribution is -2.40. The van der Waals surface area contributed by atoms with Crippen molar-refractivity contribution in [2.75, 3.05) is 33.7 Å². The van der Waals surface area contributed by atoms with Crippen molar-refractivity contribution >= 4 is 34.3 Å². The van der Waals surface area contributed by atoms with Gasteiger partial charge in [-0.15, -0.1) is 0 Å². The van der Waals surface area contributed by atoms with E-state index in [1.54, 1.807) is 0 Å². The van der Waals surface area contributed by atoms with Gasteiger partial charge in [0, 0.05) is 55.1 Å². The normalized spacial score (nSPS) is 17.3. The summed E-state index contributed by atoms with van der Waals surface area (Å²) < 4.78 is 1.86. The summed E-state index contributed by atoms with van der Waals surface area (Å²) in [7, 11) is 5.88. The number of fused-ring (bicyclic) bond motifs is 1. The Kier molecular flexibility index (Phi) is 6.07. The molecule has 2 aromatic rings. The molecule has 0 radical (unpaired) electrons. The average molecular weight is 391 g/mol. The van der Waals surface area contributed by atoms with Gasteiger partial charge in [-0.3, -0.25) is 9.59 Å². The maximum absolute atomic E-state index is 12.6. The van der Waals surface area contributed by atoms with E-state index in [4.69, 9.17) is 11.6 Å². The van der Waals surface area contributed by atoms with Crippen LogP contribution in [0, 0.1) is 0 Å². The van der Waals surface area contributed by atoms with Crippen LogP contribution in [0.1, 0.15) is 29.8 Å². The van der Waals surface area contributed by atoms with Crippen LogP contribution >= 0.6 is 11.6 Å². The number of hydrogen-bond acceptors (Lipinski definition) is 3. The molecule has 1 unspecified atom stereocenters. The number of nitrogens with one attached hydrogen (secondary N) is 1. The third-order valence-corrected chi connectivity index (χ3v) is 5.60. The minimum absolute atomic E-state index is 0.117. The number of likely N-dealkylation sites (tertiary alicyclic amines) is 1. The summed E-state index contributed by atoms with van der Waals surface area (Å²) >= 11 is 6.23. The number of likely N-dealkylation sites (N-methyl/N-ethyl adjacent to an activating group) is 1. The SMILES string of the molecule is CN(C)CCN1C(=O)CCC1CCNC(=O)c1cc2c(Cl)cccc2n1C. The number of halogens is 1. The number of rotatable bonds is 7. The topological polar surface area (TPSA) is 57.6 Å². The predicted octanol–water partition coefficient (Wildman–Crippen LogP) is 2.50. The van der Waals surface area contributed by atoms with Crippen molar-refractivity contribution in [1.82, 2.24) is 19.7 Å². The third kappa shape index (κ3) is 4.28. The van der Waals surface area contributed by atoms with Crippen LogP contribution in [-0.2, 0) is 11.8 Å². The van der Waals surface area contributed by atoms with Gasteiger partial charge < -0.3 is 19.7 Å². The molecule has 0 aliphatic carbocycles. The summed E-state index contributed by atoms with van der Waals surface area (Å²) in [5.41, 5.74) is 1.52. The van der Waals surface area contributed by atoms with E-state index in [9.17, 15) is 9.59 Å². The second-order valence-electron chi connectivity index (χ2n) is 7.39. The van der Waals surface area contributed by atoms with Gasteiger partial charge >= 0.3 is 0 Å². The number of carbonyl (C=O) groups excluding carboxylic acids is 2. The zero-order valence-corrected chi connectivity index (χ0v) is 16.9. The molecule has 1 aliphatic heterocycles. The molecule has 1 fully saturated rings. The minimum atomic E-state index is -0.117. The van der Waals surface area contributed by atoms with Crippen molar-refractivity contribution in [2.45, 2.75) is 25.3 Å². The van der Waals surface area contributed by atoms with E-state index >= 15 is 0 Å². The van der Waals surface area contributed by atoms with Gasteiger partial charge in [0.25, 0.3) is 5.91 Å². The molecule has 1 aromatic heterocycles. The molecule has 1 aromatic carbocycles. The minimum Gasteiger partial charge on any atom is -0.351 e. The summed E-state index contributed by atoms with van der Waals surface area (Å²) in [5.74, 6) is 0.102. The summed E-state index contributed by atoms with van der Waals surface area (Å²) in [4.78, 5) is 28.8. The molecule has 1 aliphatic rings. The number of hydrogen-bond donors (Lipinski definition) is 1. The molecule has 1 atom stereocenters. The first-order valence-corrected chi connectivity index (χ1v) is 9.72. The van der Waals surface area contributed by atoms with Gasteiger partial charge in [-0.2, -0.15) is 0 Å². The number of nitrogens with zero attached hydrogens (tertiary/aromatic N) is 3. The molecule has 0 bridgehead atoms. The van der Waals surface area contributed by atoms with E-state index in [-0.39, 0.29) is 17.9 Å². The van der Waals surface area contributed by atoms with Crippen LogP contribution in [-0.4, -0.2) is 66.0 Å². The van der Waals surface area contributed by atoms with Gasteiger partial charge in [-0.05, 0) is 45.1 Å². The summed E-state index contributed by atoms with van der Waals surface area (Å²) in [6.45, 7) is 2.14. The van der Waals surface area contributed by atoms with E-state index in [0.29, 0.717) is 23.7 Å².